The Balaban J connectivity index is 1.55. The van der Waals surface area contributed by atoms with Crippen molar-refractivity contribution >= 4 is 0 Å². The molecule has 2 saturated carbocycles. The highest BCUT2D eigenvalue weighted by Gasteiger charge is 2.40. The molecule has 0 aromatic carbocycles. The average molecular weight is 196 g/mol. The lowest BCUT2D eigenvalue weighted by Crippen LogP contribution is -2.48. The Bertz CT molecular complexity index is 186. The van der Waals surface area contributed by atoms with Crippen LogP contribution in [0.25, 0.3) is 0 Å². The highest BCUT2D eigenvalue weighted by Crippen LogP contribution is 2.47. The third-order valence-corrected chi connectivity index (χ3v) is 4.36. The summed E-state index contributed by atoms with van der Waals surface area (Å²) in [5.41, 5.74) is 7.05. The highest BCUT2D eigenvalue weighted by atomic mass is 14.9. The van der Waals surface area contributed by atoms with Crippen molar-refractivity contribution in [1.29, 1.82) is 0 Å². The summed E-state index contributed by atoms with van der Waals surface area (Å²) in [4.78, 5) is 0. The van der Waals surface area contributed by atoms with Crippen LogP contribution >= 0.6 is 0 Å². The summed E-state index contributed by atoms with van der Waals surface area (Å²) in [5, 5.41) is 3.58. The van der Waals surface area contributed by atoms with Gasteiger partial charge in [0.25, 0.3) is 0 Å². The SMILES string of the molecule is CCC1(CNCCC2(N)CCC2)CC1. The predicted octanol–water partition coefficient (Wildman–Crippen LogP) is 2.04. The van der Waals surface area contributed by atoms with Crippen molar-refractivity contribution in [2.45, 2.75) is 57.4 Å². The number of hydrogen-bond acceptors (Lipinski definition) is 2. The van der Waals surface area contributed by atoms with Crippen LogP contribution in [0.5, 0.6) is 0 Å². The van der Waals surface area contributed by atoms with Crippen LogP contribution in [0, 0.1) is 5.41 Å². The molecule has 14 heavy (non-hydrogen) atoms. The molecule has 0 atom stereocenters. The molecule has 0 aromatic heterocycles. The molecule has 0 bridgehead atoms. The second-order valence-electron chi connectivity index (χ2n) is 5.50. The van der Waals surface area contributed by atoms with Crippen molar-refractivity contribution in [2.75, 3.05) is 13.1 Å². The van der Waals surface area contributed by atoms with E-state index in [-0.39, 0.29) is 5.54 Å². The Morgan fingerprint density at radius 1 is 1.21 bits per heavy atom. The predicted molar refractivity (Wildman–Crippen MR) is 60.2 cm³/mol. The van der Waals surface area contributed by atoms with Crippen LogP contribution in [0.3, 0.4) is 0 Å². The van der Waals surface area contributed by atoms with Crippen LogP contribution in [0.15, 0.2) is 0 Å². The van der Waals surface area contributed by atoms with Crippen molar-refractivity contribution < 1.29 is 0 Å². The summed E-state index contributed by atoms with van der Waals surface area (Å²) in [6.07, 6.45) is 9.21. The van der Waals surface area contributed by atoms with Crippen LogP contribution in [0.2, 0.25) is 0 Å². The van der Waals surface area contributed by atoms with Gasteiger partial charge in [-0.15, -0.1) is 0 Å². The summed E-state index contributed by atoms with van der Waals surface area (Å²) in [6.45, 7) is 4.66. The maximum atomic E-state index is 6.16. The van der Waals surface area contributed by atoms with E-state index in [0.717, 1.165) is 6.54 Å². The molecular formula is C12H24N2. The van der Waals surface area contributed by atoms with Gasteiger partial charge in [0.05, 0.1) is 0 Å². The summed E-state index contributed by atoms with van der Waals surface area (Å²) in [6, 6.07) is 0. The van der Waals surface area contributed by atoms with E-state index in [0.29, 0.717) is 5.41 Å². The molecule has 0 unspecified atom stereocenters. The molecular weight excluding hydrogens is 172 g/mol. The first kappa shape index (κ1) is 10.4. The van der Waals surface area contributed by atoms with E-state index in [1.54, 1.807) is 0 Å². The molecule has 0 radical (unpaired) electrons. The Morgan fingerprint density at radius 2 is 1.93 bits per heavy atom. The molecule has 2 nitrogen and oxygen atoms in total. The van der Waals surface area contributed by atoms with Crippen molar-refractivity contribution in [3.05, 3.63) is 0 Å². The van der Waals surface area contributed by atoms with Gasteiger partial charge in [0.15, 0.2) is 0 Å². The van der Waals surface area contributed by atoms with Gasteiger partial charge in [-0.1, -0.05) is 6.92 Å². The average Bonchev–Trinajstić information content (AvgIpc) is 2.91. The minimum atomic E-state index is 0.204. The van der Waals surface area contributed by atoms with Gasteiger partial charge in [-0.25, -0.2) is 0 Å². The zero-order valence-electron chi connectivity index (χ0n) is 9.44. The number of hydrogen-bond donors (Lipinski definition) is 2. The van der Waals surface area contributed by atoms with Crippen molar-refractivity contribution in [1.82, 2.24) is 5.32 Å². The second kappa shape index (κ2) is 3.82. The molecule has 2 aliphatic rings. The Hall–Kier alpha value is -0.0800. The van der Waals surface area contributed by atoms with E-state index in [1.165, 1.54) is 51.5 Å². The van der Waals surface area contributed by atoms with Crippen LogP contribution in [-0.2, 0) is 0 Å². The first-order valence-corrected chi connectivity index (χ1v) is 6.18. The lowest BCUT2D eigenvalue weighted by atomic mass is 9.75. The van der Waals surface area contributed by atoms with Crippen molar-refractivity contribution in [3.63, 3.8) is 0 Å². The van der Waals surface area contributed by atoms with E-state index < -0.39 is 0 Å². The first-order chi connectivity index (χ1) is 6.68. The van der Waals surface area contributed by atoms with Crippen molar-refractivity contribution in [3.8, 4) is 0 Å². The third-order valence-electron chi connectivity index (χ3n) is 4.36. The molecule has 0 saturated heterocycles. The molecule has 0 aromatic rings. The first-order valence-electron chi connectivity index (χ1n) is 6.18. The van der Waals surface area contributed by atoms with Gasteiger partial charge in [0.1, 0.15) is 0 Å². The van der Waals surface area contributed by atoms with E-state index in [1.807, 2.05) is 0 Å². The molecule has 0 aliphatic heterocycles. The van der Waals surface area contributed by atoms with Gasteiger partial charge in [-0.2, -0.15) is 0 Å². The van der Waals surface area contributed by atoms with Gasteiger partial charge in [-0.05, 0) is 56.9 Å². The molecule has 2 rings (SSSR count). The van der Waals surface area contributed by atoms with E-state index in [4.69, 9.17) is 5.73 Å². The quantitative estimate of drug-likeness (QED) is 0.638. The Kier molecular flexibility index (Phi) is 2.85. The Labute approximate surface area is 87.6 Å². The maximum absolute atomic E-state index is 6.16. The standard InChI is InChI=1S/C12H24N2/c1-2-11(6-7-11)10-14-9-8-12(13)4-3-5-12/h14H,2-10,13H2,1H3. The fraction of sp³-hybridized carbons (Fsp3) is 1.00. The molecule has 0 heterocycles. The highest BCUT2D eigenvalue weighted by molar-refractivity contribution is 4.95. The summed E-state index contributed by atoms with van der Waals surface area (Å²) in [7, 11) is 0. The van der Waals surface area contributed by atoms with Crippen LogP contribution < -0.4 is 11.1 Å². The van der Waals surface area contributed by atoms with Gasteiger partial charge in [0.2, 0.25) is 0 Å². The number of rotatable bonds is 6. The third kappa shape index (κ3) is 2.29. The van der Waals surface area contributed by atoms with Gasteiger partial charge in [0, 0.05) is 12.1 Å². The molecule has 2 fully saturated rings. The van der Waals surface area contributed by atoms with E-state index in [2.05, 4.69) is 12.2 Å². The molecule has 82 valence electrons. The molecule has 2 aliphatic carbocycles. The van der Waals surface area contributed by atoms with Gasteiger partial charge < -0.3 is 11.1 Å². The molecule has 0 spiro atoms. The van der Waals surface area contributed by atoms with Crippen molar-refractivity contribution in [2.24, 2.45) is 11.1 Å². The van der Waals surface area contributed by atoms with Crippen LogP contribution in [0.4, 0.5) is 0 Å². The monoisotopic (exact) mass is 196 g/mol. The van der Waals surface area contributed by atoms with Crippen LogP contribution in [-0.4, -0.2) is 18.6 Å². The molecule has 0 amide bonds. The minimum absolute atomic E-state index is 0.204. The Morgan fingerprint density at radius 3 is 2.36 bits per heavy atom. The molecule has 3 N–H and O–H groups in total. The van der Waals surface area contributed by atoms with Crippen LogP contribution in [0.1, 0.15) is 51.9 Å². The fourth-order valence-corrected chi connectivity index (χ4v) is 2.40. The molecule has 2 heteroatoms. The maximum Gasteiger partial charge on any atom is 0.0166 e. The zero-order valence-corrected chi connectivity index (χ0v) is 9.44. The van der Waals surface area contributed by atoms with Gasteiger partial charge in [-0.3, -0.25) is 0 Å². The lowest BCUT2D eigenvalue weighted by molar-refractivity contribution is 0.227. The fourth-order valence-electron chi connectivity index (χ4n) is 2.40. The summed E-state index contributed by atoms with van der Waals surface area (Å²) < 4.78 is 0. The topological polar surface area (TPSA) is 38.0 Å². The number of nitrogens with two attached hydrogens (primary N) is 1. The normalized spacial score (nSPS) is 27.0. The largest absolute Gasteiger partial charge is 0.325 e. The smallest absolute Gasteiger partial charge is 0.0166 e. The summed E-state index contributed by atoms with van der Waals surface area (Å²) >= 11 is 0. The van der Waals surface area contributed by atoms with E-state index in [9.17, 15) is 0 Å². The lowest BCUT2D eigenvalue weighted by Gasteiger charge is -2.38. The van der Waals surface area contributed by atoms with E-state index >= 15 is 0 Å². The zero-order chi connectivity index (χ0) is 10.1. The second-order valence-corrected chi connectivity index (χ2v) is 5.50. The van der Waals surface area contributed by atoms with Gasteiger partial charge >= 0.3 is 0 Å². The summed E-state index contributed by atoms with van der Waals surface area (Å²) in [5.74, 6) is 0. The number of nitrogens with one attached hydrogen (secondary N) is 1. The minimum Gasteiger partial charge on any atom is -0.325 e.